The van der Waals surface area contributed by atoms with E-state index in [0.29, 0.717) is 18.3 Å². The summed E-state index contributed by atoms with van der Waals surface area (Å²) < 4.78 is 0. The summed E-state index contributed by atoms with van der Waals surface area (Å²) in [6, 6.07) is 8.04. The molecule has 1 aromatic carbocycles. The first-order chi connectivity index (χ1) is 9.66. The van der Waals surface area contributed by atoms with E-state index in [-0.39, 0.29) is 11.9 Å². The molecule has 1 aliphatic heterocycles. The van der Waals surface area contributed by atoms with Crippen LogP contribution < -0.4 is 5.32 Å². The van der Waals surface area contributed by atoms with Crippen molar-refractivity contribution in [2.75, 3.05) is 13.1 Å². The second kappa shape index (κ2) is 5.17. The minimum absolute atomic E-state index is 0.0379. The van der Waals surface area contributed by atoms with Crippen molar-refractivity contribution in [2.45, 2.75) is 25.9 Å². The maximum absolute atomic E-state index is 12.6. The predicted molar refractivity (Wildman–Crippen MR) is 77.5 cm³/mol. The zero-order valence-corrected chi connectivity index (χ0v) is 11.7. The first kappa shape index (κ1) is 13.0. The summed E-state index contributed by atoms with van der Waals surface area (Å²) in [5, 5.41) is 3.37. The Morgan fingerprint density at radius 3 is 2.85 bits per heavy atom. The molecule has 1 amide bonds. The molecule has 1 saturated heterocycles. The lowest BCUT2D eigenvalue weighted by Crippen LogP contribution is -2.57. The van der Waals surface area contributed by atoms with Gasteiger partial charge in [0, 0.05) is 25.2 Å². The molecule has 0 spiro atoms. The van der Waals surface area contributed by atoms with Crippen molar-refractivity contribution in [1.29, 1.82) is 0 Å². The van der Waals surface area contributed by atoms with Crippen molar-refractivity contribution < 1.29 is 4.79 Å². The minimum atomic E-state index is -0.0379. The Morgan fingerprint density at radius 2 is 2.05 bits per heavy atom. The molecule has 3 rings (SSSR count). The van der Waals surface area contributed by atoms with Gasteiger partial charge in [0.15, 0.2) is 0 Å². The Bertz CT molecular complexity index is 643. The van der Waals surface area contributed by atoms with Gasteiger partial charge in [0.2, 0.25) is 0 Å². The molecule has 5 heteroatoms. The van der Waals surface area contributed by atoms with E-state index >= 15 is 0 Å². The topological polar surface area (TPSA) is 58.1 Å². The highest BCUT2D eigenvalue weighted by Gasteiger charge is 2.29. The van der Waals surface area contributed by atoms with E-state index in [1.165, 1.54) is 0 Å². The standard InChI is InChI=1S/C15H18N4O/c1-10-11(2)19(8-7-16-10)15(20)14-9-17-12-5-3-4-6-13(12)18-14/h3-6,9-11,16H,7-8H2,1-2H3. The van der Waals surface area contributed by atoms with Crippen LogP contribution in [-0.4, -0.2) is 45.9 Å². The lowest BCUT2D eigenvalue weighted by Gasteiger charge is -2.38. The molecule has 2 aromatic rings. The molecular weight excluding hydrogens is 252 g/mol. The monoisotopic (exact) mass is 270 g/mol. The molecule has 2 unspecified atom stereocenters. The van der Waals surface area contributed by atoms with Crippen molar-refractivity contribution >= 4 is 16.9 Å². The van der Waals surface area contributed by atoms with Crippen molar-refractivity contribution in [3.63, 3.8) is 0 Å². The number of nitrogens with zero attached hydrogens (tertiary/aromatic N) is 3. The van der Waals surface area contributed by atoms with E-state index in [2.05, 4.69) is 29.1 Å². The van der Waals surface area contributed by atoms with Crippen molar-refractivity contribution in [3.05, 3.63) is 36.2 Å². The molecule has 1 N–H and O–H groups in total. The van der Waals surface area contributed by atoms with Crippen LogP contribution in [0.3, 0.4) is 0 Å². The summed E-state index contributed by atoms with van der Waals surface area (Å²) in [4.78, 5) is 23.2. The van der Waals surface area contributed by atoms with Crippen LogP contribution in [0.5, 0.6) is 0 Å². The first-order valence-electron chi connectivity index (χ1n) is 6.93. The SMILES string of the molecule is CC1NCCN(C(=O)c2cnc3ccccc3n2)C1C. The molecule has 1 fully saturated rings. The van der Waals surface area contributed by atoms with Crippen LogP contribution in [0.4, 0.5) is 0 Å². The number of carbonyl (C=O) groups excluding carboxylic acids is 1. The second-order valence-electron chi connectivity index (χ2n) is 5.23. The maximum atomic E-state index is 12.6. The van der Waals surface area contributed by atoms with Crippen molar-refractivity contribution in [1.82, 2.24) is 20.2 Å². The summed E-state index contributed by atoms with van der Waals surface area (Å²) in [6.45, 7) is 5.68. The molecule has 2 heterocycles. The number of nitrogens with one attached hydrogen (secondary N) is 1. The van der Waals surface area contributed by atoms with Gasteiger partial charge in [-0.05, 0) is 26.0 Å². The number of piperazine rings is 1. The predicted octanol–water partition coefficient (Wildman–Crippen LogP) is 1.45. The summed E-state index contributed by atoms with van der Waals surface area (Å²) in [5.74, 6) is -0.0379. The van der Waals surface area contributed by atoms with Crippen LogP contribution in [0.1, 0.15) is 24.3 Å². The summed E-state index contributed by atoms with van der Waals surface area (Å²) in [6.07, 6.45) is 1.57. The van der Waals surface area contributed by atoms with E-state index in [9.17, 15) is 4.79 Å². The number of carbonyl (C=O) groups is 1. The van der Waals surface area contributed by atoms with Crippen LogP contribution in [0.25, 0.3) is 11.0 Å². The number of benzene rings is 1. The van der Waals surface area contributed by atoms with Gasteiger partial charge < -0.3 is 10.2 Å². The molecule has 0 radical (unpaired) electrons. The summed E-state index contributed by atoms with van der Waals surface area (Å²) in [5.41, 5.74) is 1.99. The van der Waals surface area contributed by atoms with E-state index in [1.807, 2.05) is 29.2 Å². The van der Waals surface area contributed by atoms with Crippen LogP contribution in [0, 0.1) is 0 Å². The van der Waals surface area contributed by atoms with E-state index < -0.39 is 0 Å². The zero-order chi connectivity index (χ0) is 14.1. The van der Waals surface area contributed by atoms with Gasteiger partial charge in [0.05, 0.1) is 17.2 Å². The number of rotatable bonds is 1. The number of amides is 1. The molecule has 1 aromatic heterocycles. The number of hydrogen-bond acceptors (Lipinski definition) is 4. The van der Waals surface area contributed by atoms with Gasteiger partial charge in [-0.1, -0.05) is 12.1 Å². The minimum Gasteiger partial charge on any atom is -0.332 e. The van der Waals surface area contributed by atoms with Crippen LogP contribution in [0.15, 0.2) is 30.5 Å². The Labute approximate surface area is 118 Å². The maximum Gasteiger partial charge on any atom is 0.274 e. The second-order valence-corrected chi connectivity index (χ2v) is 5.23. The number of hydrogen-bond donors (Lipinski definition) is 1. The molecule has 1 aliphatic rings. The smallest absolute Gasteiger partial charge is 0.274 e. The highest BCUT2D eigenvalue weighted by molar-refractivity contribution is 5.94. The van der Waals surface area contributed by atoms with Gasteiger partial charge in [0.25, 0.3) is 5.91 Å². The van der Waals surface area contributed by atoms with E-state index in [1.54, 1.807) is 6.20 Å². The lowest BCUT2D eigenvalue weighted by molar-refractivity contribution is 0.0597. The van der Waals surface area contributed by atoms with Crippen LogP contribution in [0.2, 0.25) is 0 Å². The van der Waals surface area contributed by atoms with Gasteiger partial charge in [-0.3, -0.25) is 9.78 Å². The first-order valence-corrected chi connectivity index (χ1v) is 6.93. The van der Waals surface area contributed by atoms with Crippen LogP contribution in [-0.2, 0) is 0 Å². The quantitative estimate of drug-likeness (QED) is 0.852. The molecule has 0 aliphatic carbocycles. The Morgan fingerprint density at radius 1 is 1.30 bits per heavy atom. The van der Waals surface area contributed by atoms with Gasteiger partial charge in [-0.2, -0.15) is 0 Å². The van der Waals surface area contributed by atoms with E-state index in [0.717, 1.165) is 17.6 Å². The fourth-order valence-corrected chi connectivity index (χ4v) is 2.55. The highest BCUT2D eigenvalue weighted by atomic mass is 16.2. The van der Waals surface area contributed by atoms with Crippen molar-refractivity contribution in [2.24, 2.45) is 0 Å². The summed E-state index contributed by atoms with van der Waals surface area (Å²) in [7, 11) is 0. The largest absolute Gasteiger partial charge is 0.332 e. The zero-order valence-electron chi connectivity index (χ0n) is 11.7. The Kier molecular flexibility index (Phi) is 3.36. The van der Waals surface area contributed by atoms with E-state index in [4.69, 9.17) is 0 Å². The molecule has 0 saturated carbocycles. The molecular formula is C15H18N4O. The lowest BCUT2D eigenvalue weighted by atomic mass is 10.1. The van der Waals surface area contributed by atoms with Crippen molar-refractivity contribution in [3.8, 4) is 0 Å². The average Bonchev–Trinajstić information content (AvgIpc) is 2.49. The van der Waals surface area contributed by atoms with Crippen LogP contribution >= 0.6 is 0 Å². The number of fused-ring (bicyclic) bond motifs is 1. The molecule has 20 heavy (non-hydrogen) atoms. The van der Waals surface area contributed by atoms with Gasteiger partial charge in [-0.15, -0.1) is 0 Å². The van der Waals surface area contributed by atoms with Gasteiger partial charge in [-0.25, -0.2) is 4.98 Å². The third-order valence-corrected chi connectivity index (χ3v) is 3.96. The average molecular weight is 270 g/mol. The molecule has 5 nitrogen and oxygen atoms in total. The third-order valence-electron chi connectivity index (χ3n) is 3.96. The van der Waals surface area contributed by atoms with Gasteiger partial charge >= 0.3 is 0 Å². The number of para-hydroxylation sites is 2. The third kappa shape index (κ3) is 2.25. The normalized spacial score (nSPS) is 23.0. The molecule has 0 bridgehead atoms. The fourth-order valence-electron chi connectivity index (χ4n) is 2.55. The molecule has 2 atom stereocenters. The Hall–Kier alpha value is -2.01. The highest BCUT2D eigenvalue weighted by Crippen LogP contribution is 2.14. The molecule has 104 valence electrons. The fraction of sp³-hybridized carbons (Fsp3) is 0.400. The van der Waals surface area contributed by atoms with Gasteiger partial charge in [0.1, 0.15) is 5.69 Å². The number of aromatic nitrogens is 2. The summed E-state index contributed by atoms with van der Waals surface area (Å²) >= 11 is 0. The Balaban J connectivity index is 1.91.